The molecule has 6 heteroatoms. The van der Waals surface area contributed by atoms with Crippen LogP contribution in [0.1, 0.15) is 48.0 Å². The van der Waals surface area contributed by atoms with Crippen LogP contribution in [0, 0.1) is 0 Å². The molecule has 0 saturated carbocycles. The molecule has 1 aromatic heterocycles. The normalized spacial score (nSPS) is 19.8. The van der Waals surface area contributed by atoms with Crippen molar-refractivity contribution >= 4 is 22.4 Å². The second kappa shape index (κ2) is 6.10. The summed E-state index contributed by atoms with van der Waals surface area (Å²) in [6, 6.07) is 0.541. The topological polar surface area (TPSA) is 56.7 Å². The van der Waals surface area contributed by atoms with Crippen molar-refractivity contribution in [2.75, 3.05) is 32.1 Å². The predicted octanol–water partition coefficient (Wildman–Crippen LogP) is 2.50. The molecule has 2 heterocycles. The van der Waals surface area contributed by atoms with E-state index in [0.29, 0.717) is 16.6 Å². The van der Waals surface area contributed by atoms with Crippen LogP contribution < -0.4 is 4.90 Å². The Morgan fingerprint density at radius 1 is 1.60 bits per heavy atom. The third kappa shape index (κ3) is 3.12. The van der Waals surface area contributed by atoms with Gasteiger partial charge in [-0.2, -0.15) is 0 Å². The maximum atomic E-state index is 11.3. The first kappa shape index (κ1) is 15.3. The molecule has 0 spiro atoms. The number of aromatic carboxylic acids is 1. The maximum absolute atomic E-state index is 11.3. The molecule has 2 rings (SSSR count). The molecule has 1 aliphatic rings. The fourth-order valence-corrected chi connectivity index (χ4v) is 3.66. The van der Waals surface area contributed by atoms with Gasteiger partial charge in [0, 0.05) is 19.6 Å². The Morgan fingerprint density at radius 3 is 2.75 bits per heavy atom. The van der Waals surface area contributed by atoms with Crippen molar-refractivity contribution in [2.24, 2.45) is 0 Å². The Labute approximate surface area is 124 Å². The van der Waals surface area contributed by atoms with Gasteiger partial charge in [0.2, 0.25) is 0 Å². The summed E-state index contributed by atoms with van der Waals surface area (Å²) in [5.41, 5.74) is 0.698. The van der Waals surface area contributed by atoms with Crippen LogP contribution in [-0.4, -0.2) is 54.2 Å². The van der Waals surface area contributed by atoms with Crippen LogP contribution in [0.3, 0.4) is 0 Å². The van der Waals surface area contributed by atoms with Gasteiger partial charge in [-0.1, -0.05) is 25.2 Å². The van der Waals surface area contributed by atoms with Crippen molar-refractivity contribution in [1.29, 1.82) is 0 Å². The highest BCUT2D eigenvalue weighted by Crippen LogP contribution is 2.31. The van der Waals surface area contributed by atoms with Crippen LogP contribution in [-0.2, 0) is 0 Å². The zero-order valence-corrected chi connectivity index (χ0v) is 13.4. The first-order chi connectivity index (χ1) is 9.40. The quantitative estimate of drug-likeness (QED) is 0.905. The van der Waals surface area contributed by atoms with Gasteiger partial charge in [-0.3, -0.25) is 0 Å². The van der Waals surface area contributed by atoms with E-state index in [4.69, 9.17) is 0 Å². The highest BCUT2D eigenvalue weighted by Gasteiger charge is 2.25. The van der Waals surface area contributed by atoms with Crippen LogP contribution in [0.4, 0.5) is 5.13 Å². The van der Waals surface area contributed by atoms with E-state index in [2.05, 4.69) is 21.8 Å². The van der Waals surface area contributed by atoms with E-state index < -0.39 is 5.97 Å². The second-order valence-electron chi connectivity index (χ2n) is 5.83. The molecule has 1 atom stereocenters. The number of carboxylic acids is 1. The molecule has 1 aliphatic heterocycles. The third-order valence-electron chi connectivity index (χ3n) is 3.87. The molecule has 112 valence electrons. The summed E-state index contributed by atoms with van der Waals surface area (Å²) in [6.45, 7) is 6.01. The van der Waals surface area contributed by atoms with Crippen molar-refractivity contribution < 1.29 is 9.90 Å². The highest BCUT2D eigenvalue weighted by molar-refractivity contribution is 7.17. The Balaban J connectivity index is 2.15. The zero-order chi connectivity index (χ0) is 14.9. The number of anilines is 1. The summed E-state index contributed by atoms with van der Waals surface area (Å²) >= 11 is 1.29. The van der Waals surface area contributed by atoms with E-state index in [-0.39, 0.29) is 5.92 Å². The largest absolute Gasteiger partial charge is 0.477 e. The summed E-state index contributed by atoms with van der Waals surface area (Å²) in [4.78, 5) is 20.7. The number of aromatic nitrogens is 1. The van der Waals surface area contributed by atoms with Gasteiger partial charge in [0.25, 0.3) is 0 Å². The smallest absolute Gasteiger partial charge is 0.347 e. The second-order valence-corrected chi connectivity index (χ2v) is 6.81. The summed E-state index contributed by atoms with van der Waals surface area (Å²) in [6.07, 6.45) is 2.44. The van der Waals surface area contributed by atoms with E-state index in [1.807, 2.05) is 20.9 Å². The number of rotatable bonds is 5. The van der Waals surface area contributed by atoms with Crippen molar-refractivity contribution in [2.45, 2.75) is 38.6 Å². The summed E-state index contributed by atoms with van der Waals surface area (Å²) < 4.78 is 0. The monoisotopic (exact) mass is 297 g/mol. The molecule has 0 bridgehead atoms. The van der Waals surface area contributed by atoms with Gasteiger partial charge in [0.1, 0.15) is 4.88 Å². The minimum absolute atomic E-state index is 0.133. The zero-order valence-electron chi connectivity index (χ0n) is 12.6. The van der Waals surface area contributed by atoms with E-state index in [1.165, 1.54) is 24.2 Å². The molecule has 1 N–H and O–H groups in total. The van der Waals surface area contributed by atoms with Gasteiger partial charge >= 0.3 is 5.97 Å². The third-order valence-corrected chi connectivity index (χ3v) is 5.04. The summed E-state index contributed by atoms with van der Waals surface area (Å²) in [7, 11) is 4.15. The van der Waals surface area contributed by atoms with Crippen molar-refractivity contribution in [3.8, 4) is 0 Å². The van der Waals surface area contributed by atoms with E-state index in [0.717, 1.165) is 18.2 Å². The van der Waals surface area contributed by atoms with Gasteiger partial charge < -0.3 is 14.9 Å². The average molecular weight is 297 g/mol. The minimum atomic E-state index is -0.871. The molecular weight excluding hydrogens is 274 g/mol. The standard InChI is InChI=1S/C14H23N3O2S/c1-9(2)11-12(13(18)19)20-14(15-11)17(4)8-10-6-5-7-16(10)3/h9-10H,5-8H2,1-4H3,(H,18,19). The molecule has 1 fully saturated rings. The number of carbonyl (C=O) groups is 1. The fraction of sp³-hybridized carbons (Fsp3) is 0.714. The fourth-order valence-electron chi connectivity index (χ4n) is 2.63. The number of thiazole rings is 1. The molecule has 20 heavy (non-hydrogen) atoms. The Hall–Kier alpha value is -1.14. The summed E-state index contributed by atoms with van der Waals surface area (Å²) in [5, 5.41) is 10.1. The minimum Gasteiger partial charge on any atom is -0.477 e. The van der Waals surface area contributed by atoms with Gasteiger partial charge in [-0.05, 0) is 32.4 Å². The molecule has 0 radical (unpaired) electrons. The Morgan fingerprint density at radius 2 is 2.30 bits per heavy atom. The van der Waals surface area contributed by atoms with E-state index in [9.17, 15) is 9.90 Å². The lowest BCUT2D eigenvalue weighted by Crippen LogP contribution is -2.36. The summed E-state index contributed by atoms with van der Waals surface area (Å²) in [5.74, 6) is -0.738. The van der Waals surface area contributed by atoms with E-state index in [1.54, 1.807) is 0 Å². The predicted molar refractivity (Wildman–Crippen MR) is 82.1 cm³/mol. The number of nitrogens with zero attached hydrogens (tertiary/aromatic N) is 3. The first-order valence-electron chi connectivity index (χ1n) is 7.05. The van der Waals surface area contributed by atoms with Crippen molar-refractivity contribution in [1.82, 2.24) is 9.88 Å². The van der Waals surface area contributed by atoms with Crippen LogP contribution in [0.25, 0.3) is 0 Å². The SMILES string of the molecule is CC(C)c1nc(N(C)CC2CCCN2C)sc1C(=O)O. The van der Waals surface area contributed by atoms with Crippen molar-refractivity contribution in [3.05, 3.63) is 10.6 Å². The number of hydrogen-bond donors (Lipinski definition) is 1. The maximum Gasteiger partial charge on any atom is 0.347 e. The molecule has 1 unspecified atom stereocenters. The lowest BCUT2D eigenvalue weighted by atomic mass is 10.1. The molecule has 1 aromatic rings. The average Bonchev–Trinajstić information content (AvgIpc) is 2.96. The van der Waals surface area contributed by atoms with Gasteiger partial charge in [0.15, 0.2) is 5.13 Å². The highest BCUT2D eigenvalue weighted by atomic mass is 32.1. The van der Waals surface area contributed by atoms with Crippen LogP contribution in [0.5, 0.6) is 0 Å². The van der Waals surface area contributed by atoms with Gasteiger partial charge in [0.05, 0.1) is 5.69 Å². The Bertz CT molecular complexity index is 487. The molecule has 0 amide bonds. The van der Waals surface area contributed by atoms with Crippen LogP contribution in [0.2, 0.25) is 0 Å². The lowest BCUT2D eigenvalue weighted by Gasteiger charge is -2.25. The molecule has 1 saturated heterocycles. The number of likely N-dealkylation sites (tertiary alicyclic amines) is 1. The lowest BCUT2D eigenvalue weighted by molar-refractivity contribution is 0.0700. The first-order valence-corrected chi connectivity index (χ1v) is 7.87. The molecule has 0 aliphatic carbocycles. The number of hydrogen-bond acceptors (Lipinski definition) is 5. The van der Waals surface area contributed by atoms with E-state index >= 15 is 0 Å². The van der Waals surface area contributed by atoms with Crippen LogP contribution >= 0.6 is 11.3 Å². The molecule has 5 nitrogen and oxygen atoms in total. The molecular formula is C14H23N3O2S. The number of likely N-dealkylation sites (N-methyl/N-ethyl adjacent to an activating group) is 2. The van der Waals surface area contributed by atoms with Gasteiger partial charge in [-0.15, -0.1) is 0 Å². The van der Waals surface area contributed by atoms with Crippen molar-refractivity contribution in [3.63, 3.8) is 0 Å². The van der Waals surface area contributed by atoms with Crippen LogP contribution in [0.15, 0.2) is 0 Å². The molecule has 0 aromatic carbocycles. The Kier molecular flexibility index (Phi) is 4.65. The number of carboxylic acid groups (broad SMARTS) is 1. The van der Waals surface area contributed by atoms with Gasteiger partial charge in [-0.25, -0.2) is 9.78 Å².